The molecule has 1 aliphatic heterocycles. The van der Waals surface area contributed by atoms with Crippen molar-refractivity contribution in [1.82, 2.24) is 0 Å². The van der Waals surface area contributed by atoms with Gasteiger partial charge in [-0.15, -0.1) is 0 Å². The fourth-order valence-corrected chi connectivity index (χ4v) is 5.40. The number of hydrogen-bond donors (Lipinski definition) is 0. The van der Waals surface area contributed by atoms with Crippen LogP contribution in [0, 0.1) is 14.4 Å². The Balaban J connectivity index is -0.00000243. The molecular formula is C18H39BNiO6P2SiY-2. The van der Waals surface area contributed by atoms with Crippen LogP contribution in [0.4, 0.5) is 0 Å². The molecule has 3 unspecified atom stereocenters. The average Bonchev–Trinajstić information content (AvgIpc) is 2.75. The predicted octanol–water partition coefficient (Wildman–Crippen LogP) is 4.79. The van der Waals surface area contributed by atoms with Crippen molar-refractivity contribution >= 4 is 32.6 Å². The molecule has 0 aromatic rings. The van der Waals surface area contributed by atoms with Crippen molar-refractivity contribution in [3.05, 3.63) is 14.4 Å². The molecule has 3 radical (unpaired) electrons. The third-order valence-electron chi connectivity index (χ3n) is 5.07. The number of rotatable bonds is 10. The zero-order valence-corrected chi connectivity index (χ0v) is 26.6. The summed E-state index contributed by atoms with van der Waals surface area (Å²) in [5, 5.41) is 0.0157. The Morgan fingerprint density at radius 2 is 1.83 bits per heavy atom. The summed E-state index contributed by atoms with van der Waals surface area (Å²) in [7, 11) is 1.14. The summed E-state index contributed by atoms with van der Waals surface area (Å²) in [4.78, 5) is 0. The maximum absolute atomic E-state index is 12.4. The van der Waals surface area contributed by atoms with Gasteiger partial charge in [-0.2, -0.15) is 0 Å². The number of ether oxygens (including phenoxy) is 1. The van der Waals surface area contributed by atoms with Gasteiger partial charge in [-0.05, 0) is 36.8 Å². The van der Waals surface area contributed by atoms with Crippen LogP contribution in [-0.2, 0) is 76.5 Å². The van der Waals surface area contributed by atoms with Gasteiger partial charge in [0.25, 0.3) is 0 Å². The summed E-state index contributed by atoms with van der Waals surface area (Å²) in [6, 6.07) is -0.700. The second-order valence-corrected chi connectivity index (χ2v) is 16.1. The van der Waals surface area contributed by atoms with Crippen molar-refractivity contribution in [2.45, 2.75) is 76.1 Å². The Morgan fingerprint density at radius 1 is 1.30 bits per heavy atom. The zero-order valence-electron chi connectivity index (χ0n) is 19.9. The van der Waals surface area contributed by atoms with E-state index >= 15 is 0 Å². The van der Waals surface area contributed by atoms with E-state index in [1.54, 1.807) is 0 Å². The molecule has 0 N–H and O–H groups in total. The van der Waals surface area contributed by atoms with Gasteiger partial charge in [0, 0.05) is 70.7 Å². The van der Waals surface area contributed by atoms with Gasteiger partial charge in [0.1, 0.15) is 7.85 Å². The Hall–Kier alpha value is 2.34. The van der Waals surface area contributed by atoms with E-state index in [0.717, 1.165) is 6.42 Å². The van der Waals surface area contributed by atoms with Crippen LogP contribution in [0.1, 0.15) is 34.1 Å². The van der Waals surface area contributed by atoms with Crippen molar-refractivity contribution < 1.29 is 76.5 Å². The second-order valence-electron chi connectivity index (χ2n) is 8.61. The molecule has 0 aliphatic carbocycles. The van der Waals surface area contributed by atoms with Crippen molar-refractivity contribution in [1.29, 1.82) is 0 Å². The quantitative estimate of drug-likeness (QED) is 0.204. The maximum Gasteiger partial charge on any atom is 0.327 e. The molecule has 0 bridgehead atoms. The topological polar surface area (TPSA) is 63.2 Å². The molecule has 12 heteroatoms. The summed E-state index contributed by atoms with van der Waals surface area (Å²) < 4.78 is 41.7. The molecule has 1 fully saturated rings. The van der Waals surface area contributed by atoms with Gasteiger partial charge in [0.2, 0.25) is 0 Å². The molecule has 1 heterocycles. The van der Waals surface area contributed by atoms with Gasteiger partial charge < -0.3 is 37.1 Å². The Bertz CT molecular complexity index is 543. The smallest absolute Gasteiger partial charge is 0.327 e. The molecule has 0 saturated carbocycles. The van der Waals surface area contributed by atoms with E-state index < -0.39 is 39.7 Å². The van der Waals surface area contributed by atoms with E-state index in [1.165, 1.54) is 6.66 Å². The van der Waals surface area contributed by atoms with Gasteiger partial charge in [-0.3, -0.25) is 4.57 Å². The molecule has 0 amide bonds. The summed E-state index contributed by atoms with van der Waals surface area (Å²) in [6.45, 7) is 20.6. The Kier molecular flexibility index (Phi) is 18.0. The van der Waals surface area contributed by atoms with E-state index in [9.17, 15) is 4.57 Å². The fraction of sp³-hybridized carbons (Fsp3) is 0.889. The molecule has 0 spiro atoms. The van der Waals surface area contributed by atoms with Crippen LogP contribution < -0.4 is 0 Å². The fourth-order valence-electron chi connectivity index (χ4n) is 2.46. The van der Waals surface area contributed by atoms with Gasteiger partial charge in [-0.1, -0.05) is 27.7 Å². The minimum absolute atomic E-state index is 0. The van der Waals surface area contributed by atoms with Crippen LogP contribution in [0.15, 0.2) is 0 Å². The summed E-state index contributed by atoms with van der Waals surface area (Å²) in [5.74, 6) is 0. The van der Waals surface area contributed by atoms with Gasteiger partial charge in [0.05, 0.1) is 25.4 Å². The van der Waals surface area contributed by atoms with Gasteiger partial charge >= 0.3 is 7.60 Å². The molecule has 0 aromatic heterocycles. The second kappa shape index (κ2) is 14.7. The van der Waals surface area contributed by atoms with Gasteiger partial charge in [0.15, 0.2) is 8.32 Å². The molecule has 30 heavy (non-hydrogen) atoms. The van der Waals surface area contributed by atoms with Crippen molar-refractivity contribution in [2.75, 3.05) is 26.5 Å². The first-order valence-corrected chi connectivity index (χ1v) is 15.7. The molecular weight excluding hydrogens is 561 g/mol. The van der Waals surface area contributed by atoms with E-state index in [2.05, 4.69) is 40.8 Å². The first kappa shape index (κ1) is 36.9. The standard InChI is InChI=1S/C17H36BO6P2Si.CH3.Ni.Y/c1-10-11-20-26(7,19)21-12-17(5)14(23-25-6)13(15(18)22-17)24-27(8,9)16(2,3)4;;;/h13-15,25H,5,10-12H2,1-4,6-9H3;1H3;;/q2*-1;;/t13?,14-,15-,17-,26?;;;/m1.../s1. The molecule has 1 aliphatic rings. The van der Waals surface area contributed by atoms with Crippen molar-refractivity contribution in [3.63, 3.8) is 0 Å². The van der Waals surface area contributed by atoms with E-state index in [-0.39, 0.29) is 77.1 Å². The van der Waals surface area contributed by atoms with Crippen LogP contribution in [0.3, 0.4) is 0 Å². The first-order valence-electron chi connectivity index (χ1n) is 9.34. The third kappa shape index (κ3) is 10.3. The SMILES string of the molecule is [B][C@@H]1O[C@]([CH2-])(COP(C)(=O)OCCC)[C@H](OPC)C1O[Si](C)(C)C(C)(C)C.[CH3-].[Ni].[Y]. The molecule has 6 atom stereocenters. The minimum Gasteiger partial charge on any atom is -0.409 e. The largest absolute Gasteiger partial charge is 0.409 e. The van der Waals surface area contributed by atoms with Crippen LogP contribution >= 0.6 is 16.4 Å². The average molecular weight is 600 g/mol. The molecule has 179 valence electrons. The molecule has 1 rings (SSSR count). The summed E-state index contributed by atoms with van der Waals surface area (Å²) in [5.41, 5.74) is -1.11. The monoisotopic (exact) mass is 599 g/mol. The maximum atomic E-state index is 12.4. The van der Waals surface area contributed by atoms with Crippen molar-refractivity contribution in [3.8, 4) is 0 Å². The minimum atomic E-state index is -3.20. The Morgan fingerprint density at radius 3 is 2.27 bits per heavy atom. The van der Waals surface area contributed by atoms with E-state index in [4.69, 9.17) is 30.6 Å². The van der Waals surface area contributed by atoms with Crippen LogP contribution in [0.2, 0.25) is 18.1 Å². The Labute approximate surface area is 224 Å². The van der Waals surface area contributed by atoms with Crippen LogP contribution in [0.5, 0.6) is 0 Å². The number of hydrogen-bond acceptors (Lipinski definition) is 6. The third-order valence-corrected chi connectivity index (χ3v) is 11.3. The molecule has 0 aromatic carbocycles. The normalized spacial score (nSPS) is 29.0. The predicted molar refractivity (Wildman–Crippen MR) is 122 cm³/mol. The zero-order chi connectivity index (χ0) is 21.1. The van der Waals surface area contributed by atoms with Crippen LogP contribution in [-0.4, -0.2) is 66.5 Å². The van der Waals surface area contributed by atoms with Gasteiger partial charge in [-0.25, -0.2) is 0 Å². The summed E-state index contributed by atoms with van der Waals surface area (Å²) >= 11 is 0. The first-order chi connectivity index (χ1) is 12.2. The van der Waals surface area contributed by atoms with Crippen molar-refractivity contribution in [2.24, 2.45) is 0 Å². The van der Waals surface area contributed by atoms with E-state index in [1.807, 2.05) is 13.6 Å². The summed E-state index contributed by atoms with van der Waals surface area (Å²) in [6.07, 6.45) is -0.230. The van der Waals surface area contributed by atoms with E-state index in [0.29, 0.717) is 6.61 Å². The molecule has 6 nitrogen and oxygen atoms in total. The molecule has 1 saturated heterocycles. The van der Waals surface area contributed by atoms with Crippen LogP contribution in [0.25, 0.3) is 0 Å².